The molecule has 88 valence electrons. The molecule has 0 aliphatic rings. The first kappa shape index (κ1) is 14.3. The Labute approximate surface area is 94.8 Å². The summed E-state index contributed by atoms with van der Waals surface area (Å²) in [5, 5.41) is 11.5. The fourth-order valence-corrected chi connectivity index (χ4v) is 1.51. The number of hydrogen-bond donors (Lipinski definition) is 2. The first-order valence-corrected chi connectivity index (χ1v) is 6.43. The molecule has 0 aromatic heterocycles. The Kier molecular flexibility index (Phi) is 7.21. The first-order valence-electron chi connectivity index (χ1n) is 5.04. The molecule has 0 heterocycles. The Morgan fingerprint density at radius 2 is 2.07 bits per heavy atom. The third-order valence-electron chi connectivity index (χ3n) is 2.33. The van der Waals surface area contributed by atoms with Crippen LogP contribution in [0.5, 0.6) is 0 Å². The minimum absolute atomic E-state index is 0.0410. The van der Waals surface area contributed by atoms with Gasteiger partial charge in [-0.1, -0.05) is 20.3 Å². The molecule has 0 aliphatic heterocycles. The fourth-order valence-electron chi connectivity index (χ4n) is 1.12. The highest BCUT2D eigenvalue weighted by Gasteiger charge is 2.24. The van der Waals surface area contributed by atoms with Crippen LogP contribution in [0.3, 0.4) is 0 Å². The second-order valence-electron chi connectivity index (χ2n) is 3.51. The summed E-state index contributed by atoms with van der Waals surface area (Å²) in [6, 6.07) is -0.760. The maximum absolute atomic E-state index is 11.3. The van der Waals surface area contributed by atoms with Crippen molar-refractivity contribution < 1.29 is 14.7 Å². The number of carbonyl (C=O) groups is 2. The van der Waals surface area contributed by atoms with E-state index < -0.39 is 12.0 Å². The maximum Gasteiger partial charge on any atom is 0.326 e. The van der Waals surface area contributed by atoms with E-state index in [1.54, 1.807) is 11.8 Å². The number of aliphatic carboxylic acids is 1. The molecule has 15 heavy (non-hydrogen) atoms. The van der Waals surface area contributed by atoms with Crippen LogP contribution in [-0.4, -0.2) is 35.0 Å². The quantitative estimate of drug-likeness (QED) is 0.696. The first-order chi connectivity index (χ1) is 7.02. The SMILES string of the molecule is CCC(C)[C@H](NC(=O)CCSC)C(=O)O. The van der Waals surface area contributed by atoms with Gasteiger partial charge in [0.15, 0.2) is 0 Å². The van der Waals surface area contributed by atoms with E-state index in [0.717, 1.165) is 12.2 Å². The third kappa shape index (κ3) is 5.67. The van der Waals surface area contributed by atoms with Gasteiger partial charge in [0.2, 0.25) is 5.91 Å². The molecule has 0 bridgehead atoms. The molecule has 0 radical (unpaired) electrons. The smallest absolute Gasteiger partial charge is 0.326 e. The summed E-state index contributed by atoms with van der Waals surface area (Å²) in [7, 11) is 0. The van der Waals surface area contributed by atoms with Gasteiger partial charge in [0, 0.05) is 12.2 Å². The highest BCUT2D eigenvalue weighted by Crippen LogP contribution is 2.08. The van der Waals surface area contributed by atoms with Crippen molar-refractivity contribution in [3.63, 3.8) is 0 Å². The molecule has 1 unspecified atom stereocenters. The summed E-state index contributed by atoms with van der Waals surface area (Å²) in [6.45, 7) is 3.74. The lowest BCUT2D eigenvalue weighted by Crippen LogP contribution is -2.45. The van der Waals surface area contributed by atoms with Gasteiger partial charge in [0.25, 0.3) is 0 Å². The zero-order valence-corrected chi connectivity index (χ0v) is 10.3. The van der Waals surface area contributed by atoms with E-state index in [9.17, 15) is 9.59 Å². The summed E-state index contributed by atoms with van der Waals surface area (Å²) in [4.78, 5) is 22.2. The van der Waals surface area contributed by atoms with Crippen LogP contribution >= 0.6 is 11.8 Å². The van der Waals surface area contributed by atoms with Crippen molar-refractivity contribution in [1.82, 2.24) is 5.32 Å². The highest BCUT2D eigenvalue weighted by atomic mass is 32.2. The van der Waals surface area contributed by atoms with E-state index >= 15 is 0 Å². The Bertz CT molecular complexity index is 221. The highest BCUT2D eigenvalue weighted by molar-refractivity contribution is 7.98. The van der Waals surface area contributed by atoms with Gasteiger partial charge in [0.1, 0.15) is 6.04 Å². The second-order valence-corrected chi connectivity index (χ2v) is 4.50. The normalized spacial score (nSPS) is 14.3. The van der Waals surface area contributed by atoms with E-state index in [2.05, 4.69) is 5.32 Å². The van der Waals surface area contributed by atoms with Gasteiger partial charge >= 0.3 is 5.97 Å². The van der Waals surface area contributed by atoms with Gasteiger partial charge in [-0.05, 0) is 12.2 Å². The van der Waals surface area contributed by atoms with Gasteiger partial charge in [-0.15, -0.1) is 0 Å². The van der Waals surface area contributed by atoms with E-state index in [1.165, 1.54) is 0 Å². The Morgan fingerprint density at radius 1 is 1.47 bits per heavy atom. The lowest BCUT2D eigenvalue weighted by atomic mass is 9.99. The molecular weight excluding hydrogens is 214 g/mol. The zero-order valence-electron chi connectivity index (χ0n) is 9.45. The minimum Gasteiger partial charge on any atom is -0.480 e. The van der Waals surface area contributed by atoms with Crippen molar-refractivity contribution in [3.8, 4) is 0 Å². The Morgan fingerprint density at radius 3 is 2.47 bits per heavy atom. The van der Waals surface area contributed by atoms with Crippen LogP contribution in [0, 0.1) is 5.92 Å². The molecule has 0 rings (SSSR count). The largest absolute Gasteiger partial charge is 0.480 e. The number of carbonyl (C=O) groups excluding carboxylic acids is 1. The Hall–Kier alpha value is -0.710. The predicted octanol–water partition coefficient (Wildman–Crippen LogP) is 1.35. The van der Waals surface area contributed by atoms with Gasteiger partial charge < -0.3 is 10.4 Å². The molecule has 2 N–H and O–H groups in total. The van der Waals surface area contributed by atoms with Crippen molar-refractivity contribution in [3.05, 3.63) is 0 Å². The molecule has 2 atom stereocenters. The molecule has 5 heteroatoms. The number of amides is 1. The number of carboxylic acid groups (broad SMARTS) is 1. The van der Waals surface area contributed by atoms with Crippen LogP contribution in [0.2, 0.25) is 0 Å². The van der Waals surface area contributed by atoms with Gasteiger partial charge in [-0.25, -0.2) is 4.79 Å². The van der Waals surface area contributed by atoms with Crippen LogP contribution in [0.25, 0.3) is 0 Å². The Balaban J connectivity index is 4.16. The zero-order chi connectivity index (χ0) is 11.8. The number of hydrogen-bond acceptors (Lipinski definition) is 3. The molecular formula is C10H19NO3S. The van der Waals surface area contributed by atoms with Crippen molar-refractivity contribution in [1.29, 1.82) is 0 Å². The summed E-state index contributed by atoms with van der Waals surface area (Å²) < 4.78 is 0. The van der Waals surface area contributed by atoms with E-state index in [-0.39, 0.29) is 11.8 Å². The monoisotopic (exact) mass is 233 g/mol. The average molecular weight is 233 g/mol. The summed E-state index contributed by atoms with van der Waals surface area (Å²) >= 11 is 1.57. The number of carboxylic acids is 1. The van der Waals surface area contributed by atoms with Crippen molar-refractivity contribution in [2.24, 2.45) is 5.92 Å². The standard InChI is InChI=1S/C10H19NO3S/c1-4-7(2)9(10(13)14)11-8(12)5-6-15-3/h7,9H,4-6H2,1-3H3,(H,11,12)(H,13,14)/t7?,9-/m0/s1. The lowest BCUT2D eigenvalue weighted by Gasteiger charge is -2.19. The number of thioether (sulfide) groups is 1. The molecule has 0 aromatic carbocycles. The van der Waals surface area contributed by atoms with E-state index in [4.69, 9.17) is 5.11 Å². The number of nitrogens with one attached hydrogen (secondary N) is 1. The van der Waals surface area contributed by atoms with Crippen LogP contribution in [0.4, 0.5) is 0 Å². The molecule has 0 saturated carbocycles. The summed E-state index contributed by atoms with van der Waals surface area (Å²) in [5.74, 6) is -0.460. The molecule has 0 saturated heterocycles. The van der Waals surface area contributed by atoms with Gasteiger partial charge in [-0.2, -0.15) is 11.8 Å². The lowest BCUT2D eigenvalue weighted by molar-refractivity contribution is -0.143. The van der Waals surface area contributed by atoms with Crippen molar-refractivity contribution >= 4 is 23.6 Å². The van der Waals surface area contributed by atoms with Crippen LogP contribution in [-0.2, 0) is 9.59 Å². The van der Waals surface area contributed by atoms with Crippen molar-refractivity contribution in [2.75, 3.05) is 12.0 Å². The van der Waals surface area contributed by atoms with Crippen LogP contribution in [0.15, 0.2) is 0 Å². The van der Waals surface area contributed by atoms with E-state index in [1.807, 2.05) is 20.1 Å². The molecule has 1 amide bonds. The van der Waals surface area contributed by atoms with E-state index in [0.29, 0.717) is 6.42 Å². The topological polar surface area (TPSA) is 66.4 Å². The minimum atomic E-state index is -0.957. The molecule has 0 spiro atoms. The summed E-state index contributed by atoms with van der Waals surface area (Å²) in [5.41, 5.74) is 0. The van der Waals surface area contributed by atoms with Crippen molar-refractivity contribution in [2.45, 2.75) is 32.7 Å². The number of rotatable bonds is 7. The summed E-state index contributed by atoms with van der Waals surface area (Å²) in [6.07, 6.45) is 3.03. The molecule has 0 fully saturated rings. The fraction of sp³-hybridized carbons (Fsp3) is 0.800. The molecule has 0 aromatic rings. The molecule has 4 nitrogen and oxygen atoms in total. The molecule has 0 aliphatic carbocycles. The van der Waals surface area contributed by atoms with Crippen LogP contribution in [0.1, 0.15) is 26.7 Å². The van der Waals surface area contributed by atoms with Gasteiger partial charge in [0.05, 0.1) is 0 Å². The average Bonchev–Trinajstić information content (AvgIpc) is 2.21. The third-order valence-corrected chi connectivity index (χ3v) is 2.94. The predicted molar refractivity (Wildman–Crippen MR) is 62.0 cm³/mol. The maximum atomic E-state index is 11.3. The van der Waals surface area contributed by atoms with Gasteiger partial charge in [-0.3, -0.25) is 4.79 Å². The van der Waals surface area contributed by atoms with Crippen LogP contribution < -0.4 is 5.32 Å². The second kappa shape index (κ2) is 7.56.